The molecular formula is C7H12N2O3. The van der Waals surface area contributed by atoms with Gasteiger partial charge < -0.3 is 15.0 Å². The number of rotatable bonds is 6. The molecule has 12 heavy (non-hydrogen) atoms. The topological polar surface area (TPSA) is 66.5 Å². The molecule has 0 spiro atoms. The molecule has 0 fully saturated rings. The summed E-state index contributed by atoms with van der Waals surface area (Å²) in [5.74, 6) is -0.258. The predicted molar refractivity (Wildman–Crippen MR) is 42.4 cm³/mol. The number of likely N-dealkylation sites (N-methyl/N-ethyl adjacent to an activating group) is 1. The number of hydrogen-bond acceptors (Lipinski definition) is 3. The highest BCUT2D eigenvalue weighted by atomic mass is 16.2. The van der Waals surface area contributed by atoms with Crippen LogP contribution in [-0.2, 0) is 14.4 Å². The number of nitrogens with zero attached hydrogens (tertiary/aromatic N) is 1. The van der Waals surface area contributed by atoms with Crippen molar-refractivity contribution in [1.82, 2.24) is 10.2 Å². The molecule has 5 heteroatoms. The fourth-order valence-electron chi connectivity index (χ4n) is 0.590. The fraction of sp³-hybridized carbons (Fsp3) is 0.571. The van der Waals surface area contributed by atoms with Crippen LogP contribution in [0.2, 0.25) is 0 Å². The average molecular weight is 172 g/mol. The molecule has 5 nitrogen and oxygen atoms in total. The molecule has 2 amide bonds. The molecule has 1 N–H and O–H groups in total. The van der Waals surface area contributed by atoms with Crippen LogP contribution in [-0.4, -0.2) is 43.6 Å². The van der Waals surface area contributed by atoms with Crippen LogP contribution in [0.25, 0.3) is 0 Å². The van der Waals surface area contributed by atoms with Gasteiger partial charge in [-0.2, -0.15) is 0 Å². The average Bonchev–Trinajstić information content (AvgIpc) is 2.05. The van der Waals surface area contributed by atoms with Crippen LogP contribution in [0.5, 0.6) is 0 Å². The van der Waals surface area contributed by atoms with Gasteiger partial charge in [0.1, 0.15) is 6.29 Å². The number of nitrogens with one attached hydrogen (secondary N) is 1. The number of carbonyl (C=O) groups is 3. The van der Waals surface area contributed by atoms with Gasteiger partial charge >= 0.3 is 0 Å². The van der Waals surface area contributed by atoms with E-state index in [1.54, 1.807) is 0 Å². The van der Waals surface area contributed by atoms with Crippen molar-refractivity contribution < 1.29 is 14.4 Å². The van der Waals surface area contributed by atoms with E-state index in [-0.39, 0.29) is 12.5 Å². The van der Waals surface area contributed by atoms with Gasteiger partial charge in [0.2, 0.25) is 12.3 Å². The zero-order valence-corrected chi connectivity index (χ0v) is 6.95. The number of amides is 2. The highest BCUT2D eigenvalue weighted by molar-refractivity contribution is 5.79. The van der Waals surface area contributed by atoms with Crippen molar-refractivity contribution in [3.8, 4) is 0 Å². The van der Waals surface area contributed by atoms with Crippen molar-refractivity contribution in [3.05, 3.63) is 0 Å². The Labute approximate surface area is 70.7 Å². The lowest BCUT2D eigenvalue weighted by Crippen LogP contribution is -2.35. The monoisotopic (exact) mass is 172 g/mol. The standard InChI is InChI=1S/C7H12N2O3/c1-9(6-11)5-7(12)8-3-2-4-10/h4,6H,2-3,5H2,1H3,(H,8,12). The van der Waals surface area contributed by atoms with E-state index in [0.29, 0.717) is 19.4 Å². The first-order valence-electron chi connectivity index (χ1n) is 3.56. The Bertz CT molecular complexity index is 170. The second-order valence-electron chi connectivity index (χ2n) is 2.33. The first-order chi connectivity index (χ1) is 5.70. The van der Waals surface area contributed by atoms with E-state index < -0.39 is 0 Å². The molecule has 0 radical (unpaired) electrons. The summed E-state index contributed by atoms with van der Waals surface area (Å²) in [6, 6.07) is 0. The van der Waals surface area contributed by atoms with Crippen LogP contribution in [0.1, 0.15) is 6.42 Å². The van der Waals surface area contributed by atoms with E-state index in [1.807, 2.05) is 0 Å². The van der Waals surface area contributed by atoms with E-state index in [1.165, 1.54) is 11.9 Å². The summed E-state index contributed by atoms with van der Waals surface area (Å²) in [4.78, 5) is 32.0. The molecule has 0 heterocycles. The van der Waals surface area contributed by atoms with Crippen LogP contribution in [0, 0.1) is 0 Å². The molecule has 0 rings (SSSR count). The van der Waals surface area contributed by atoms with E-state index in [9.17, 15) is 14.4 Å². The summed E-state index contributed by atoms with van der Waals surface area (Å²) in [5.41, 5.74) is 0. The maximum atomic E-state index is 10.9. The van der Waals surface area contributed by atoms with Crippen LogP contribution < -0.4 is 5.32 Å². The van der Waals surface area contributed by atoms with Crippen molar-refractivity contribution in [2.24, 2.45) is 0 Å². The maximum Gasteiger partial charge on any atom is 0.239 e. The van der Waals surface area contributed by atoms with Gasteiger partial charge in [-0.15, -0.1) is 0 Å². The zero-order chi connectivity index (χ0) is 9.40. The number of carbonyl (C=O) groups excluding carboxylic acids is 3. The van der Waals surface area contributed by atoms with E-state index in [2.05, 4.69) is 5.32 Å². The van der Waals surface area contributed by atoms with Crippen LogP contribution in [0.15, 0.2) is 0 Å². The molecule has 0 aliphatic carbocycles. The molecular weight excluding hydrogens is 160 g/mol. The van der Waals surface area contributed by atoms with Gasteiger partial charge in [0.05, 0.1) is 6.54 Å². The largest absolute Gasteiger partial charge is 0.354 e. The van der Waals surface area contributed by atoms with Crippen LogP contribution in [0.4, 0.5) is 0 Å². The van der Waals surface area contributed by atoms with Gasteiger partial charge in [0.15, 0.2) is 0 Å². The Balaban J connectivity index is 3.45. The zero-order valence-electron chi connectivity index (χ0n) is 6.95. The van der Waals surface area contributed by atoms with Crippen molar-refractivity contribution in [2.45, 2.75) is 6.42 Å². The quantitative estimate of drug-likeness (QED) is 0.403. The Morgan fingerprint density at radius 1 is 1.50 bits per heavy atom. The third-order valence-corrected chi connectivity index (χ3v) is 1.16. The van der Waals surface area contributed by atoms with Crippen molar-refractivity contribution >= 4 is 18.6 Å². The second kappa shape index (κ2) is 6.33. The van der Waals surface area contributed by atoms with Crippen LogP contribution >= 0.6 is 0 Å². The third kappa shape index (κ3) is 5.40. The lowest BCUT2D eigenvalue weighted by molar-refractivity contribution is -0.127. The van der Waals surface area contributed by atoms with Crippen LogP contribution in [0.3, 0.4) is 0 Å². The number of aldehydes is 1. The molecule has 0 aromatic carbocycles. The smallest absolute Gasteiger partial charge is 0.239 e. The molecule has 0 aromatic heterocycles. The molecule has 0 unspecified atom stereocenters. The third-order valence-electron chi connectivity index (χ3n) is 1.16. The first kappa shape index (κ1) is 10.6. The minimum atomic E-state index is -0.258. The first-order valence-corrected chi connectivity index (χ1v) is 3.56. The minimum Gasteiger partial charge on any atom is -0.354 e. The molecule has 0 atom stereocenters. The molecule has 0 saturated heterocycles. The predicted octanol–water partition coefficient (Wildman–Crippen LogP) is -1.22. The summed E-state index contributed by atoms with van der Waals surface area (Å²) < 4.78 is 0. The van der Waals surface area contributed by atoms with Gasteiger partial charge in [-0.3, -0.25) is 9.59 Å². The Morgan fingerprint density at radius 3 is 2.67 bits per heavy atom. The van der Waals surface area contributed by atoms with Crippen molar-refractivity contribution in [2.75, 3.05) is 20.1 Å². The molecule has 0 aliphatic rings. The summed E-state index contributed by atoms with van der Waals surface area (Å²) in [6.45, 7) is 0.359. The van der Waals surface area contributed by atoms with E-state index in [0.717, 1.165) is 6.29 Å². The molecule has 0 bridgehead atoms. The van der Waals surface area contributed by atoms with E-state index >= 15 is 0 Å². The van der Waals surface area contributed by atoms with Gasteiger partial charge in [-0.1, -0.05) is 0 Å². The van der Waals surface area contributed by atoms with Crippen molar-refractivity contribution in [3.63, 3.8) is 0 Å². The second-order valence-corrected chi connectivity index (χ2v) is 2.33. The Morgan fingerprint density at radius 2 is 2.17 bits per heavy atom. The molecule has 0 saturated carbocycles. The maximum absolute atomic E-state index is 10.9. The van der Waals surface area contributed by atoms with Gasteiger partial charge in [0.25, 0.3) is 0 Å². The summed E-state index contributed by atoms with van der Waals surface area (Å²) >= 11 is 0. The van der Waals surface area contributed by atoms with Gasteiger partial charge in [0, 0.05) is 20.0 Å². The Kier molecular flexibility index (Phi) is 5.60. The Hall–Kier alpha value is -1.39. The summed E-state index contributed by atoms with van der Waals surface area (Å²) in [5, 5.41) is 2.48. The van der Waals surface area contributed by atoms with E-state index in [4.69, 9.17) is 0 Å². The van der Waals surface area contributed by atoms with Gasteiger partial charge in [-0.05, 0) is 0 Å². The lowest BCUT2D eigenvalue weighted by atomic mass is 10.4. The molecule has 0 aromatic rings. The van der Waals surface area contributed by atoms with Crippen molar-refractivity contribution in [1.29, 1.82) is 0 Å². The normalized spacial score (nSPS) is 8.75. The number of hydrogen-bond donors (Lipinski definition) is 1. The molecule has 0 aliphatic heterocycles. The SMILES string of the molecule is CN(C=O)CC(=O)NCCC=O. The fourth-order valence-corrected chi connectivity index (χ4v) is 0.590. The summed E-state index contributed by atoms with van der Waals surface area (Å²) in [7, 11) is 1.51. The molecule has 68 valence electrons. The highest BCUT2D eigenvalue weighted by Gasteiger charge is 2.02. The minimum absolute atomic E-state index is 0.0301. The lowest BCUT2D eigenvalue weighted by Gasteiger charge is -2.09. The van der Waals surface area contributed by atoms with Gasteiger partial charge in [-0.25, -0.2) is 0 Å². The summed E-state index contributed by atoms with van der Waals surface area (Å²) in [6.07, 6.45) is 1.60. The highest BCUT2D eigenvalue weighted by Crippen LogP contribution is 1.75.